The third-order valence-electron chi connectivity index (χ3n) is 2.61. The molecule has 1 aliphatic heterocycles. The topological polar surface area (TPSA) is 62.7 Å². The van der Waals surface area contributed by atoms with Crippen LogP contribution in [0.15, 0.2) is 4.52 Å². The van der Waals surface area contributed by atoms with Gasteiger partial charge in [0.2, 0.25) is 5.89 Å². The highest BCUT2D eigenvalue weighted by Gasteiger charge is 2.28. The highest BCUT2D eigenvalue weighted by molar-refractivity contribution is 8.06. The average Bonchev–Trinajstić information content (AvgIpc) is 2.79. The second-order valence-corrected chi connectivity index (χ2v) is 6.66. The number of rotatable bonds is 4. The molecule has 0 radical (unpaired) electrons. The standard InChI is InChI=1S/C11H15N3OS2/c1-8-10(17-7-6-16-8)11-13-9(15-14-11)4-2-3-5-12/h8,10H,2-4,6-7H2,1H3. The fourth-order valence-corrected chi connectivity index (χ4v) is 4.40. The second kappa shape index (κ2) is 6.31. The van der Waals surface area contributed by atoms with Gasteiger partial charge in [0.05, 0.1) is 11.3 Å². The van der Waals surface area contributed by atoms with E-state index in [1.165, 1.54) is 5.75 Å². The molecule has 2 heterocycles. The number of hydrogen-bond donors (Lipinski definition) is 0. The summed E-state index contributed by atoms with van der Waals surface area (Å²) in [4.78, 5) is 4.43. The van der Waals surface area contributed by atoms with E-state index in [0.29, 0.717) is 29.2 Å². The molecule has 1 aliphatic rings. The molecule has 0 saturated carbocycles. The molecule has 2 unspecified atom stereocenters. The van der Waals surface area contributed by atoms with Gasteiger partial charge in [0, 0.05) is 29.6 Å². The summed E-state index contributed by atoms with van der Waals surface area (Å²) >= 11 is 3.87. The summed E-state index contributed by atoms with van der Waals surface area (Å²) in [5.74, 6) is 3.84. The number of thioether (sulfide) groups is 2. The Balaban J connectivity index is 1.95. The number of aromatic nitrogens is 2. The van der Waals surface area contributed by atoms with E-state index < -0.39 is 0 Å². The summed E-state index contributed by atoms with van der Waals surface area (Å²) in [5.41, 5.74) is 0. The van der Waals surface area contributed by atoms with Crippen LogP contribution in [0.25, 0.3) is 0 Å². The Morgan fingerprint density at radius 2 is 2.29 bits per heavy atom. The van der Waals surface area contributed by atoms with Crippen LogP contribution in [0.4, 0.5) is 0 Å². The maximum atomic E-state index is 8.47. The Morgan fingerprint density at radius 1 is 1.47 bits per heavy atom. The van der Waals surface area contributed by atoms with Gasteiger partial charge in [-0.3, -0.25) is 0 Å². The van der Waals surface area contributed by atoms with Crippen LogP contribution >= 0.6 is 23.5 Å². The van der Waals surface area contributed by atoms with E-state index in [2.05, 4.69) is 23.1 Å². The minimum Gasteiger partial charge on any atom is -0.339 e. The third kappa shape index (κ3) is 3.39. The lowest BCUT2D eigenvalue weighted by molar-refractivity contribution is 0.370. The monoisotopic (exact) mass is 269 g/mol. The quantitative estimate of drug-likeness (QED) is 0.783. The summed E-state index contributed by atoms with van der Waals surface area (Å²) < 4.78 is 5.22. The Labute approximate surface area is 110 Å². The van der Waals surface area contributed by atoms with Crippen LogP contribution in [-0.4, -0.2) is 26.9 Å². The van der Waals surface area contributed by atoms with E-state index in [-0.39, 0.29) is 0 Å². The van der Waals surface area contributed by atoms with E-state index in [4.69, 9.17) is 9.78 Å². The first-order valence-corrected chi connectivity index (χ1v) is 7.83. The molecule has 17 heavy (non-hydrogen) atoms. The van der Waals surface area contributed by atoms with Gasteiger partial charge in [0.1, 0.15) is 0 Å². The summed E-state index contributed by atoms with van der Waals surface area (Å²) in [6.45, 7) is 2.22. The molecule has 1 aromatic heterocycles. The minimum absolute atomic E-state index is 0.349. The Bertz CT molecular complexity index is 402. The van der Waals surface area contributed by atoms with Crippen molar-refractivity contribution in [3.63, 3.8) is 0 Å². The van der Waals surface area contributed by atoms with Crippen LogP contribution in [0.2, 0.25) is 0 Å². The molecule has 1 fully saturated rings. The van der Waals surface area contributed by atoms with E-state index in [0.717, 1.165) is 18.0 Å². The van der Waals surface area contributed by atoms with E-state index >= 15 is 0 Å². The van der Waals surface area contributed by atoms with Gasteiger partial charge < -0.3 is 4.52 Å². The Hall–Kier alpha value is -0.670. The van der Waals surface area contributed by atoms with Crippen LogP contribution < -0.4 is 0 Å². The molecular formula is C11H15N3OS2. The lowest BCUT2D eigenvalue weighted by Crippen LogP contribution is -2.16. The lowest BCUT2D eigenvalue weighted by Gasteiger charge is -2.24. The predicted molar refractivity (Wildman–Crippen MR) is 70.0 cm³/mol. The maximum Gasteiger partial charge on any atom is 0.226 e. The first-order chi connectivity index (χ1) is 8.31. The Kier molecular flexibility index (Phi) is 4.75. The third-order valence-corrected chi connectivity index (χ3v) is 5.69. The fraction of sp³-hybridized carbons (Fsp3) is 0.727. The molecule has 0 bridgehead atoms. The van der Waals surface area contributed by atoms with Crippen LogP contribution in [0, 0.1) is 11.3 Å². The van der Waals surface area contributed by atoms with Crippen molar-refractivity contribution in [2.24, 2.45) is 0 Å². The predicted octanol–water partition coefficient (Wildman–Crippen LogP) is 2.83. The van der Waals surface area contributed by atoms with Crippen molar-refractivity contribution in [3.8, 4) is 6.07 Å². The van der Waals surface area contributed by atoms with Crippen molar-refractivity contribution in [2.45, 2.75) is 36.7 Å². The number of hydrogen-bond acceptors (Lipinski definition) is 6. The van der Waals surface area contributed by atoms with E-state index in [1.54, 1.807) is 0 Å². The number of nitrogens with zero attached hydrogens (tertiary/aromatic N) is 3. The van der Waals surface area contributed by atoms with Crippen molar-refractivity contribution < 1.29 is 4.52 Å². The van der Waals surface area contributed by atoms with Crippen LogP contribution in [0.5, 0.6) is 0 Å². The Morgan fingerprint density at radius 3 is 3.06 bits per heavy atom. The zero-order valence-electron chi connectivity index (χ0n) is 9.76. The highest BCUT2D eigenvalue weighted by Crippen LogP contribution is 2.41. The fourth-order valence-electron chi connectivity index (χ4n) is 1.72. The number of nitriles is 1. The maximum absolute atomic E-state index is 8.47. The van der Waals surface area contributed by atoms with Crippen LogP contribution in [-0.2, 0) is 6.42 Å². The number of unbranched alkanes of at least 4 members (excludes halogenated alkanes) is 1. The minimum atomic E-state index is 0.349. The van der Waals surface area contributed by atoms with E-state index in [1.807, 2.05) is 23.5 Å². The van der Waals surface area contributed by atoms with Gasteiger partial charge in [-0.05, 0) is 6.42 Å². The largest absolute Gasteiger partial charge is 0.339 e. The molecule has 0 spiro atoms. The molecule has 1 aromatic rings. The van der Waals surface area contributed by atoms with Gasteiger partial charge in [-0.25, -0.2) is 0 Å². The van der Waals surface area contributed by atoms with Crippen molar-refractivity contribution in [2.75, 3.05) is 11.5 Å². The van der Waals surface area contributed by atoms with Crippen molar-refractivity contribution in [1.29, 1.82) is 5.26 Å². The summed E-state index contributed by atoms with van der Waals surface area (Å²) in [6.07, 6.45) is 2.04. The molecule has 0 aliphatic carbocycles. The molecule has 92 valence electrons. The molecule has 2 atom stereocenters. The number of aryl methyl sites for hydroxylation is 1. The van der Waals surface area contributed by atoms with Gasteiger partial charge >= 0.3 is 0 Å². The van der Waals surface area contributed by atoms with Gasteiger partial charge in [0.25, 0.3) is 0 Å². The normalized spacial score (nSPS) is 24.5. The SMILES string of the molecule is CC1SCCSC1c1noc(CCCC#N)n1. The molecule has 0 aromatic carbocycles. The summed E-state index contributed by atoms with van der Waals surface area (Å²) in [6, 6.07) is 2.12. The molecule has 1 saturated heterocycles. The zero-order chi connectivity index (χ0) is 12.1. The van der Waals surface area contributed by atoms with Crippen molar-refractivity contribution >= 4 is 23.5 Å². The van der Waals surface area contributed by atoms with Gasteiger partial charge in [-0.15, -0.1) is 11.8 Å². The smallest absolute Gasteiger partial charge is 0.226 e. The second-order valence-electron chi connectivity index (χ2n) is 3.93. The zero-order valence-corrected chi connectivity index (χ0v) is 11.4. The van der Waals surface area contributed by atoms with Crippen LogP contribution in [0.3, 0.4) is 0 Å². The molecule has 6 heteroatoms. The van der Waals surface area contributed by atoms with Gasteiger partial charge in [-0.1, -0.05) is 12.1 Å². The van der Waals surface area contributed by atoms with Crippen molar-refractivity contribution in [1.82, 2.24) is 10.1 Å². The molecule has 0 amide bonds. The summed E-state index contributed by atoms with van der Waals surface area (Å²) in [7, 11) is 0. The molecule has 4 nitrogen and oxygen atoms in total. The van der Waals surface area contributed by atoms with Crippen molar-refractivity contribution in [3.05, 3.63) is 11.7 Å². The molecule has 0 N–H and O–H groups in total. The lowest BCUT2D eigenvalue weighted by atomic mass is 10.2. The summed E-state index contributed by atoms with van der Waals surface area (Å²) in [5, 5.41) is 13.4. The highest BCUT2D eigenvalue weighted by atomic mass is 32.2. The average molecular weight is 269 g/mol. The van der Waals surface area contributed by atoms with E-state index in [9.17, 15) is 0 Å². The first kappa shape index (κ1) is 12.8. The van der Waals surface area contributed by atoms with Crippen LogP contribution in [0.1, 0.15) is 36.7 Å². The molecular weight excluding hydrogens is 254 g/mol. The first-order valence-electron chi connectivity index (χ1n) is 5.74. The van der Waals surface area contributed by atoms with Gasteiger partial charge in [0.15, 0.2) is 5.82 Å². The molecule has 2 rings (SSSR count). The van der Waals surface area contributed by atoms with Gasteiger partial charge in [-0.2, -0.15) is 22.0 Å².